The lowest BCUT2D eigenvalue weighted by atomic mass is 9.90. The number of aromatic nitrogens is 2. The van der Waals surface area contributed by atoms with Gasteiger partial charge in [-0.3, -0.25) is 9.59 Å². The van der Waals surface area contributed by atoms with Crippen LogP contribution >= 0.6 is 0 Å². The molecule has 2 aliphatic heterocycles. The summed E-state index contributed by atoms with van der Waals surface area (Å²) >= 11 is 0. The van der Waals surface area contributed by atoms with Crippen LogP contribution in [0.4, 0.5) is 13.2 Å². The highest BCUT2D eigenvalue weighted by atomic mass is 19.4. The number of hydrogen-bond acceptors (Lipinski definition) is 5. The van der Waals surface area contributed by atoms with Crippen LogP contribution in [0, 0.1) is 5.92 Å². The van der Waals surface area contributed by atoms with E-state index in [0.717, 1.165) is 0 Å². The van der Waals surface area contributed by atoms with Crippen molar-refractivity contribution in [3.63, 3.8) is 0 Å². The van der Waals surface area contributed by atoms with Gasteiger partial charge in [0.05, 0.1) is 0 Å². The summed E-state index contributed by atoms with van der Waals surface area (Å²) in [5.41, 5.74) is 0. The minimum Gasteiger partial charge on any atom is -0.392 e. The van der Waals surface area contributed by atoms with Crippen LogP contribution in [0.1, 0.15) is 37.5 Å². The van der Waals surface area contributed by atoms with Crippen LogP contribution < -0.4 is 11.1 Å². The number of carbonyl (C=O) groups is 2. The van der Waals surface area contributed by atoms with Crippen molar-refractivity contribution in [1.29, 1.82) is 0 Å². The van der Waals surface area contributed by atoms with Gasteiger partial charge in [0.2, 0.25) is 17.7 Å². The first kappa shape index (κ1) is 17.5. The molecule has 11 heteroatoms. The number of alkyl halides is 3. The second-order valence-electron chi connectivity index (χ2n) is 6.28. The van der Waals surface area contributed by atoms with Crippen molar-refractivity contribution in [2.75, 3.05) is 13.1 Å². The molecule has 3 rings (SSSR count). The van der Waals surface area contributed by atoms with Crippen molar-refractivity contribution < 1.29 is 27.2 Å². The fraction of sp³-hybridized carbons (Fsp3) is 0.714. The third kappa shape index (κ3) is 3.69. The number of aromatic amines is 1. The maximum Gasteiger partial charge on any atom is 0.434 e. The number of amides is 2. The summed E-state index contributed by atoms with van der Waals surface area (Å²) in [6.45, 7) is 0.652. The summed E-state index contributed by atoms with van der Waals surface area (Å²) in [6.07, 6.45) is -3.93. The number of rotatable bonds is 2. The third-order valence-electron chi connectivity index (χ3n) is 4.68. The van der Waals surface area contributed by atoms with E-state index in [1.165, 1.54) is 4.90 Å². The van der Waals surface area contributed by atoms with E-state index in [4.69, 9.17) is 4.42 Å². The van der Waals surface area contributed by atoms with Crippen molar-refractivity contribution in [2.24, 2.45) is 5.92 Å². The molecule has 2 atom stereocenters. The number of nitrogens with zero attached hydrogens (tertiary/aromatic N) is 2. The van der Waals surface area contributed by atoms with Crippen LogP contribution in [-0.4, -0.2) is 52.2 Å². The molecule has 2 aliphatic rings. The highest BCUT2D eigenvalue weighted by molar-refractivity contribution is 6.00. The monoisotopic (exact) mass is 362 g/mol. The highest BCUT2D eigenvalue weighted by Gasteiger charge is 2.46. The standard InChI is InChI=1S/C14H17F3N4O4/c15-14(16,17)9-2-1-8(10(22)18-9)12(23)21-5-3-7(4-6-21)11-19-20-13(24)25-11/h7-9H,1-6H2,(H,18,22)(H,20,24). The molecule has 0 bridgehead atoms. The van der Waals surface area contributed by atoms with E-state index < -0.39 is 35.7 Å². The Bertz CT molecular complexity index is 705. The van der Waals surface area contributed by atoms with E-state index in [-0.39, 0.29) is 24.7 Å². The molecule has 2 amide bonds. The summed E-state index contributed by atoms with van der Waals surface area (Å²) < 4.78 is 42.9. The average Bonchev–Trinajstić information content (AvgIpc) is 3.00. The maximum absolute atomic E-state index is 12.7. The summed E-state index contributed by atoms with van der Waals surface area (Å²) in [4.78, 5) is 36.8. The minimum atomic E-state index is -4.50. The van der Waals surface area contributed by atoms with Gasteiger partial charge in [-0.05, 0) is 25.7 Å². The lowest BCUT2D eigenvalue weighted by Crippen LogP contribution is -2.55. The van der Waals surface area contributed by atoms with Gasteiger partial charge in [0.1, 0.15) is 12.0 Å². The summed E-state index contributed by atoms with van der Waals surface area (Å²) in [6, 6.07) is -1.89. The first-order valence-corrected chi connectivity index (χ1v) is 7.97. The Hall–Kier alpha value is -2.33. The zero-order chi connectivity index (χ0) is 18.2. The minimum absolute atomic E-state index is 0.113. The molecule has 1 aromatic rings. The van der Waals surface area contributed by atoms with Gasteiger partial charge in [0.25, 0.3) is 0 Å². The second-order valence-corrected chi connectivity index (χ2v) is 6.28. The molecule has 2 fully saturated rings. The lowest BCUT2D eigenvalue weighted by molar-refractivity contribution is -0.172. The Morgan fingerprint density at radius 1 is 1.16 bits per heavy atom. The lowest BCUT2D eigenvalue weighted by Gasteiger charge is -2.35. The van der Waals surface area contributed by atoms with Crippen LogP contribution in [0.15, 0.2) is 9.21 Å². The van der Waals surface area contributed by atoms with Gasteiger partial charge in [0.15, 0.2) is 0 Å². The molecule has 25 heavy (non-hydrogen) atoms. The van der Waals surface area contributed by atoms with Gasteiger partial charge in [-0.1, -0.05) is 0 Å². The van der Waals surface area contributed by atoms with Crippen LogP contribution in [0.5, 0.6) is 0 Å². The van der Waals surface area contributed by atoms with Gasteiger partial charge in [-0.25, -0.2) is 9.89 Å². The quantitative estimate of drug-likeness (QED) is 0.746. The Morgan fingerprint density at radius 3 is 2.36 bits per heavy atom. The molecule has 2 saturated heterocycles. The summed E-state index contributed by atoms with van der Waals surface area (Å²) in [7, 11) is 0. The molecular formula is C14H17F3N4O4. The van der Waals surface area contributed by atoms with Crippen molar-refractivity contribution in [3.05, 3.63) is 16.4 Å². The van der Waals surface area contributed by atoms with Crippen LogP contribution in [0.2, 0.25) is 0 Å². The number of carbonyl (C=O) groups excluding carboxylic acids is 2. The topological polar surface area (TPSA) is 108 Å². The SMILES string of the molecule is O=C1NC(C(F)(F)F)CCC1C(=O)N1CCC(c2n[nH]c(=O)o2)CC1. The Labute approximate surface area is 139 Å². The molecule has 2 N–H and O–H groups in total. The summed E-state index contributed by atoms with van der Waals surface area (Å²) in [5.74, 6) is -2.90. The number of H-pyrrole nitrogens is 1. The first-order valence-electron chi connectivity index (χ1n) is 7.97. The maximum atomic E-state index is 12.7. The van der Waals surface area contributed by atoms with E-state index in [0.29, 0.717) is 25.9 Å². The Morgan fingerprint density at radius 2 is 1.84 bits per heavy atom. The first-order chi connectivity index (χ1) is 11.8. The fourth-order valence-electron chi connectivity index (χ4n) is 3.27. The van der Waals surface area contributed by atoms with Crippen LogP contribution in [0.25, 0.3) is 0 Å². The fourth-order valence-corrected chi connectivity index (χ4v) is 3.27. The normalized spacial score (nSPS) is 25.7. The van der Waals surface area contributed by atoms with Crippen molar-refractivity contribution in [1.82, 2.24) is 20.4 Å². The molecule has 0 radical (unpaired) electrons. The van der Waals surface area contributed by atoms with E-state index in [1.807, 2.05) is 5.32 Å². The average molecular weight is 362 g/mol. The van der Waals surface area contributed by atoms with Crippen molar-refractivity contribution in [3.8, 4) is 0 Å². The van der Waals surface area contributed by atoms with Gasteiger partial charge in [-0.15, -0.1) is 5.10 Å². The van der Waals surface area contributed by atoms with Gasteiger partial charge >= 0.3 is 11.9 Å². The van der Waals surface area contributed by atoms with Crippen LogP contribution in [0.3, 0.4) is 0 Å². The largest absolute Gasteiger partial charge is 0.434 e. The molecule has 3 heterocycles. The molecule has 0 aliphatic carbocycles. The van der Waals surface area contributed by atoms with Gasteiger partial charge < -0.3 is 14.6 Å². The molecule has 0 saturated carbocycles. The number of hydrogen-bond donors (Lipinski definition) is 2. The molecule has 138 valence electrons. The predicted octanol–water partition coefficient (Wildman–Crippen LogP) is 0.526. The number of piperidine rings is 2. The number of likely N-dealkylation sites (tertiary alicyclic amines) is 1. The third-order valence-corrected chi connectivity index (χ3v) is 4.68. The zero-order valence-corrected chi connectivity index (χ0v) is 13.1. The second kappa shape index (κ2) is 6.52. The molecule has 8 nitrogen and oxygen atoms in total. The molecular weight excluding hydrogens is 345 g/mol. The van der Waals surface area contributed by atoms with Crippen LogP contribution in [-0.2, 0) is 9.59 Å². The molecule has 2 unspecified atom stereocenters. The highest BCUT2D eigenvalue weighted by Crippen LogP contribution is 2.31. The Kier molecular flexibility index (Phi) is 4.56. The molecule has 0 spiro atoms. The van der Waals surface area contributed by atoms with Crippen molar-refractivity contribution in [2.45, 2.75) is 43.8 Å². The molecule has 1 aromatic heterocycles. The smallest absolute Gasteiger partial charge is 0.392 e. The number of nitrogens with one attached hydrogen (secondary N) is 2. The van der Waals surface area contributed by atoms with E-state index in [2.05, 4.69) is 10.2 Å². The predicted molar refractivity (Wildman–Crippen MR) is 76.4 cm³/mol. The Balaban J connectivity index is 1.56. The summed E-state index contributed by atoms with van der Waals surface area (Å²) in [5, 5.41) is 7.83. The van der Waals surface area contributed by atoms with Gasteiger partial charge in [-0.2, -0.15) is 13.2 Å². The van der Waals surface area contributed by atoms with E-state index in [9.17, 15) is 27.6 Å². The van der Waals surface area contributed by atoms with Gasteiger partial charge in [0, 0.05) is 19.0 Å². The van der Waals surface area contributed by atoms with E-state index in [1.54, 1.807) is 0 Å². The molecule has 0 aromatic carbocycles. The number of halogens is 3. The zero-order valence-electron chi connectivity index (χ0n) is 13.1. The van der Waals surface area contributed by atoms with E-state index >= 15 is 0 Å². The van der Waals surface area contributed by atoms with Crippen molar-refractivity contribution >= 4 is 11.8 Å².